The van der Waals surface area contributed by atoms with Gasteiger partial charge in [-0.15, -0.1) is 11.3 Å². The van der Waals surface area contributed by atoms with E-state index in [0.717, 1.165) is 6.42 Å². The Balaban J connectivity index is 2.21. The van der Waals surface area contributed by atoms with Crippen LogP contribution in [0.15, 0.2) is 11.4 Å². The maximum atomic E-state index is 11.3. The summed E-state index contributed by atoms with van der Waals surface area (Å²) in [5.41, 5.74) is 1.25. The number of rotatable bonds is 6. The Labute approximate surface area is 105 Å². The van der Waals surface area contributed by atoms with Gasteiger partial charge in [0.15, 0.2) is 0 Å². The molecule has 0 unspecified atom stereocenters. The molecule has 1 aromatic rings. The van der Waals surface area contributed by atoms with Gasteiger partial charge in [-0.05, 0) is 37.3 Å². The Hall–Kier alpha value is -1.36. The lowest BCUT2D eigenvalue weighted by Crippen LogP contribution is -2.28. The molecule has 0 aliphatic carbocycles. The van der Waals surface area contributed by atoms with E-state index in [9.17, 15) is 9.59 Å². The van der Waals surface area contributed by atoms with Crippen molar-refractivity contribution in [3.05, 3.63) is 21.9 Å². The van der Waals surface area contributed by atoms with E-state index < -0.39 is 5.97 Å². The molecule has 1 rings (SSSR count). The van der Waals surface area contributed by atoms with Crippen LogP contribution in [0.4, 0.5) is 0 Å². The van der Waals surface area contributed by atoms with Crippen molar-refractivity contribution in [3.63, 3.8) is 0 Å². The summed E-state index contributed by atoms with van der Waals surface area (Å²) >= 11 is 1.68. The van der Waals surface area contributed by atoms with Crippen LogP contribution in [0.25, 0.3) is 0 Å². The van der Waals surface area contributed by atoms with Crippen LogP contribution in [0.5, 0.6) is 0 Å². The van der Waals surface area contributed by atoms with Gasteiger partial charge in [-0.1, -0.05) is 0 Å². The lowest BCUT2D eigenvalue weighted by Gasteiger charge is -2.04. The number of hydrogen-bond donors (Lipinski definition) is 1. The molecule has 0 saturated heterocycles. The minimum absolute atomic E-state index is 0.197. The number of aryl methyl sites for hydroxylation is 1. The van der Waals surface area contributed by atoms with Gasteiger partial charge in [0, 0.05) is 11.4 Å². The van der Waals surface area contributed by atoms with Gasteiger partial charge in [0.1, 0.15) is 6.42 Å². The van der Waals surface area contributed by atoms with Crippen LogP contribution in [0.1, 0.15) is 23.8 Å². The van der Waals surface area contributed by atoms with Crippen molar-refractivity contribution in [2.75, 3.05) is 13.2 Å². The molecule has 1 heterocycles. The quantitative estimate of drug-likeness (QED) is 0.621. The molecular weight excluding hydrogens is 238 g/mol. The Morgan fingerprint density at radius 1 is 1.47 bits per heavy atom. The van der Waals surface area contributed by atoms with Gasteiger partial charge >= 0.3 is 5.97 Å². The minimum Gasteiger partial charge on any atom is -0.466 e. The zero-order valence-corrected chi connectivity index (χ0v) is 10.9. The molecule has 17 heavy (non-hydrogen) atoms. The first kappa shape index (κ1) is 13.7. The first-order chi connectivity index (χ1) is 8.13. The molecule has 5 heteroatoms. The van der Waals surface area contributed by atoms with Crippen LogP contribution in [0.2, 0.25) is 0 Å². The average molecular weight is 255 g/mol. The predicted octanol–water partition coefficient (Wildman–Crippen LogP) is 1.67. The Kier molecular flexibility index (Phi) is 5.69. The van der Waals surface area contributed by atoms with Crippen LogP contribution in [-0.2, 0) is 20.7 Å². The summed E-state index contributed by atoms with van der Waals surface area (Å²) in [6.07, 6.45) is 0.606. The Morgan fingerprint density at radius 3 is 2.82 bits per heavy atom. The molecule has 0 bridgehead atoms. The average Bonchev–Trinajstić information content (AvgIpc) is 2.64. The second kappa shape index (κ2) is 7.06. The third kappa shape index (κ3) is 4.99. The third-order valence-corrected chi connectivity index (χ3v) is 3.34. The van der Waals surface area contributed by atoms with E-state index in [1.165, 1.54) is 10.4 Å². The molecule has 0 saturated carbocycles. The first-order valence-corrected chi connectivity index (χ1v) is 6.46. The molecule has 0 aliphatic rings. The van der Waals surface area contributed by atoms with Crippen LogP contribution in [-0.4, -0.2) is 25.0 Å². The number of hydrogen-bond acceptors (Lipinski definition) is 4. The van der Waals surface area contributed by atoms with Gasteiger partial charge in [-0.25, -0.2) is 0 Å². The predicted molar refractivity (Wildman–Crippen MR) is 67.0 cm³/mol. The lowest BCUT2D eigenvalue weighted by atomic mass is 10.2. The van der Waals surface area contributed by atoms with Gasteiger partial charge in [0.2, 0.25) is 5.91 Å². The van der Waals surface area contributed by atoms with E-state index >= 15 is 0 Å². The fraction of sp³-hybridized carbons (Fsp3) is 0.500. The number of esters is 1. The second-order valence-electron chi connectivity index (χ2n) is 3.61. The van der Waals surface area contributed by atoms with Gasteiger partial charge < -0.3 is 10.1 Å². The highest BCUT2D eigenvalue weighted by Crippen LogP contribution is 2.15. The molecule has 1 aromatic heterocycles. The molecule has 0 aliphatic heterocycles. The van der Waals surface area contributed by atoms with Gasteiger partial charge in [-0.2, -0.15) is 0 Å². The molecule has 4 nitrogen and oxygen atoms in total. The SMILES string of the molecule is CCOC(=O)CC(=O)NCCc1sccc1C. The van der Waals surface area contributed by atoms with Crippen molar-refractivity contribution < 1.29 is 14.3 Å². The summed E-state index contributed by atoms with van der Waals surface area (Å²) in [5.74, 6) is -0.755. The number of carbonyl (C=O) groups excluding carboxylic acids is 2. The molecule has 0 spiro atoms. The standard InChI is InChI=1S/C12H17NO3S/c1-3-16-12(15)8-11(14)13-6-4-10-9(2)5-7-17-10/h5,7H,3-4,6,8H2,1-2H3,(H,13,14). The molecule has 94 valence electrons. The van der Waals surface area contributed by atoms with Crippen molar-refractivity contribution in [2.45, 2.75) is 26.7 Å². The van der Waals surface area contributed by atoms with E-state index in [1.807, 2.05) is 12.3 Å². The number of amides is 1. The maximum Gasteiger partial charge on any atom is 0.315 e. The smallest absolute Gasteiger partial charge is 0.315 e. The van der Waals surface area contributed by atoms with Crippen molar-refractivity contribution in [1.29, 1.82) is 0 Å². The zero-order chi connectivity index (χ0) is 12.7. The van der Waals surface area contributed by atoms with Crippen molar-refractivity contribution in [1.82, 2.24) is 5.32 Å². The van der Waals surface area contributed by atoms with Crippen molar-refractivity contribution in [3.8, 4) is 0 Å². The van der Waals surface area contributed by atoms with E-state index in [2.05, 4.69) is 16.1 Å². The maximum absolute atomic E-state index is 11.3. The van der Waals surface area contributed by atoms with Crippen LogP contribution in [0, 0.1) is 6.92 Å². The number of carbonyl (C=O) groups is 2. The Bertz CT molecular complexity index is 387. The van der Waals surface area contributed by atoms with Gasteiger partial charge in [0.05, 0.1) is 6.61 Å². The normalized spacial score (nSPS) is 10.0. The first-order valence-electron chi connectivity index (χ1n) is 5.58. The van der Waals surface area contributed by atoms with E-state index in [0.29, 0.717) is 13.2 Å². The highest BCUT2D eigenvalue weighted by atomic mass is 32.1. The molecular formula is C12H17NO3S. The largest absolute Gasteiger partial charge is 0.466 e. The summed E-state index contributed by atoms with van der Waals surface area (Å²) < 4.78 is 4.69. The summed E-state index contributed by atoms with van der Waals surface area (Å²) in [6.45, 7) is 4.63. The fourth-order valence-electron chi connectivity index (χ4n) is 1.38. The number of nitrogens with one attached hydrogen (secondary N) is 1. The van der Waals surface area contributed by atoms with Crippen LogP contribution in [0.3, 0.4) is 0 Å². The van der Waals surface area contributed by atoms with Crippen LogP contribution >= 0.6 is 11.3 Å². The minimum atomic E-state index is -0.475. The summed E-state index contributed by atoms with van der Waals surface area (Å²) in [5, 5.41) is 4.74. The molecule has 0 radical (unpaired) electrons. The lowest BCUT2D eigenvalue weighted by molar-refractivity contribution is -0.145. The van der Waals surface area contributed by atoms with Crippen LogP contribution < -0.4 is 5.32 Å². The molecule has 1 N–H and O–H groups in total. The highest BCUT2D eigenvalue weighted by molar-refractivity contribution is 7.10. The zero-order valence-electron chi connectivity index (χ0n) is 10.1. The molecule has 0 aromatic carbocycles. The van der Waals surface area contributed by atoms with Gasteiger partial charge in [0.25, 0.3) is 0 Å². The monoisotopic (exact) mass is 255 g/mol. The summed E-state index contributed by atoms with van der Waals surface area (Å²) in [4.78, 5) is 23.6. The Morgan fingerprint density at radius 2 is 2.24 bits per heavy atom. The van der Waals surface area contributed by atoms with E-state index in [4.69, 9.17) is 0 Å². The molecule has 0 atom stereocenters. The molecule has 1 amide bonds. The van der Waals surface area contributed by atoms with Gasteiger partial charge in [-0.3, -0.25) is 9.59 Å². The van der Waals surface area contributed by atoms with E-state index in [-0.39, 0.29) is 12.3 Å². The second-order valence-corrected chi connectivity index (χ2v) is 4.61. The summed E-state index contributed by atoms with van der Waals surface area (Å²) in [7, 11) is 0. The molecule has 0 fully saturated rings. The topological polar surface area (TPSA) is 55.4 Å². The summed E-state index contributed by atoms with van der Waals surface area (Å²) in [6, 6.07) is 2.06. The third-order valence-electron chi connectivity index (χ3n) is 2.25. The fourth-order valence-corrected chi connectivity index (χ4v) is 2.29. The van der Waals surface area contributed by atoms with Crippen molar-refractivity contribution >= 4 is 23.2 Å². The number of thiophene rings is 1. The van der Waals surface area contributed by atoms with Crippen molar-refractivity contribution in [2.24, 2.45) is 0 Å². The number of ether oxygens (including phenoxy) is 1. The van der Waals surface area contributed by atoms with E-state index in [1.54, 1.807) is 18.3 Å². The highest BCUT2D eigenvalue weighted by Gasteiger charge is 2.09.